The van der Waals surface area contributed by atoms with Crippen molar-refractivity contribution in [1.29, 1.82) is 0 Å². The number of rotatable bonds is 5. The molecule has 0 aromatic carbocycles. The number of nitrogens with zero attached hydrogens (tertiary/aromatic N) is 2. The Labute approximate surface area is 115 Å². The van der Waals surface area contributed by atoms with Crippen molar-refractivity contribution in [2.75, 3.05) is 13.1 Å². The normalized spacial score (nSPS) is 19.9. The zero-order valence-electron chi connectivity index (χ0n) is 11.2. The molecule has 0 bridgehead atoms. The third-order valence-electron chi connectivity index (χ3n) is 3.52. The van der Waals surface area contributed by atoms with Crippen LogP contribution in [0.2, 0.25) is 5.15 Å². The lowest BCUT2D eigenvalue weighted by Crippen LogP contribution is -2.40. The van der Waals surface area contributed by atoms with Gasteiger partial charge >= 0.3 is 0 Å². The maximum absolute atomic E-state index is 5.81. The standard InChI is InChI=1S/C14H22ClN3/c1-11(2)18(10-13-4-3-7-16-13)9-12-5-6-14(15)17-8-12/h5-6,8,11,13,16H,3-4,7,9-10H2,1-2H3. The van der Waals surface area contributed by atoms with E-state index in [9.17, 15) is 0 Å². The van der Waals surface area contributed by atoms with Gasteiger partial charge in [-0.05, 0) is 44.9 Å². The summed E-state index contributed by atoms with van der Waals surface area (Å²) < 4.78 is 0. The van der Waals surface area contributed by atoms with Gasteiger partial charge in [-0.1, -0.05) is 17.7 Å². The molecule has 2 rings (SSSR count). The highest BCUT2D eigenvalue weighted by Crippen LogP contribution is 2.13. The van der Waals surface area contributed by atoms with Crippen LogP contribution in [0.3, 0.4) is 0 Å². The van der Waals surface area contributed by atoms with Crippen molar-refractivity contribution >= 4 is 11.6 Å². The summed E-state index contributed by atoms with van der Waals surface area (Å²) in [4.78, 5) is 6.64. The second kappa shape index (κ2) is 6.50. The minimum atomic E-state index is 0.545. The number of aromatic nitrogens is 1. The van der Waals surface area contributed by atoms with Crippen molar-refractivity contribution in [2.24, 2.45) is 0 Å². The summed E-state index contributed by atoms with van der Waals surface area (Å²) >= 11 is 5.81. The van der Waals surface area contributed by atoms with E-state index in [0.717, 1.165) is 13.1 Å². The molecule has 1 aliphatic rings. The van der Waals surface area contributed by atoms with Crippen molar-refractivity contribution in [1.82, 2.24) is 15.2 Å². The molecular formula is C14H22ClN3. The van der Waals surface area contributed by atoms with Gasteiger partial charge in [-0.25, -0.2) is 4.98 Å². The molecule has 4 heteroatoms. The quantitative estimate of drug-likeness (QED) is 0.832. The third kappa shape index (κ3) is 3.94. The molecule has 1 atom stereocenters. The Balaban J connectivity index is 1.94. The van der Waals surface area contributed by atoms with Gasteiger partial charge in [0.25, 0.3) is 0 Å². The van der Waals surface area contributed by atoms with Crippen molar-refractivity contribution < 1.29 is 0 Å². The number of halogens is 1. The molecular weight excluding hydrogens is 246 g/mol. The number of nitrogens with one attached hydrogen (secondary N) is 1. The van der Waals surface area contributed by atoms with E-state index in [1.165, 1.54) is 24.9 Å². The first-order valence-electron chi connectivity index (χ1n) is 6.73. The first-order valence-corrected chi connectivity index (χ1v) is 7.11. The summed E-state index contributed by atoms with van der Waals surface area (Å²) in [7, 11) is 0. The lowest BCUT2D eigenvalue weighted by Gasteiger charge is -2.29. The second-order valence-electron chi connectivity index (χ2n) is 5.31. The van der Waals surface area contributed by atoms with Crippen LogP contribution in [0.5, 0.6) is 0 Å². The molecule has 3 nitrogen and oxygen atoms in total. The molecule has 1 aromatic rings. The monoisotopic (exact) mass is 267 g/mol. The average Bonchev–Trinajstić information content (AvgIpc) is 2.84. The average molecular weight is 268 g/mol. The Morgan fingerprint density at radius 1 is 1.50 bits per heavy atom. The number of hydrogen-bond acceptors (Lipinski definition) is 3. The van der Waals surface area contributed by atoms with Crippen LogP contribution in [-0.4, -0.2) is 35.1 Å². The van der Waals surface area contributed by atoms with Gasteiger partial charge in [-0.15, -0.1) is 0 Å². The summed E-state index contributed by atoms with van der Waals surface area (Å²) in [5.41, 5.74) is 1.23. The fraction of sp³-hybridized carbons (Fsp3) is 0.643. The van der Waals surface area contributed by atoms with Gasteiger partial charge in [-0.3, -0.25) is 4.90 Å². The van der Waals surface area contributed by atoms with Crippen molar-refractivity contribution in [2.45, 2.75) is 45.3 Å². The van der Waals surface area contributed by atoms with Gasteiger partial charge in [0.15, 0.2) is 0 Å². The van der Waals surface area contributed by atoms with Crippen LogP contribution in [0.25, 0.3) is 0 Å². The maximum Gasteiger partial charge on any atom is 0.129 e. The Morgan fingerprint density at radius 3 is 2.89 bits per heavy atom. The van der Waals surface area contributed by atoms with Gasteiger partial charge in [0.05, 0.1) is 0 Å². The molecule has 1 aromatic heterocycles. The van der Waals surface area contributed by atoms with E-state index in [2.05, 4.69) is 35.1 Å². The molecule has 0 aliphatic carbocycles. The largest absolute Gasteiger partial charge is 0.313 e. The fourth-order valence-electron chi connectivity index (χ4n) is 2.39. The van der Waals surface area contributed by atoms with Crippen LogP contribution in [0.15, 0.2) is 18.3 Å². The second-order valence-corrected chi connectivity index (χ2v) is 5.69. The Bertz CT molecular complexity index is 358. The van der Waals surface area contributed by atoms with E-state index in [1.54, 1.807) is 0 Å². The zero-order valence-corrected chi connectivity index (χ0v) is 12.0. The Morgan fingerprint density at radius 2 is 2.33 bits per heavy atom. The van der Waals surface area contributed by atoms with E-state index in [-0.39, 0.29) is 0 Å². The third-order valence-corrected chi connectivity index (χ3v) is 3.75. The smallest absolute Gasteiger partial charge is 0.129 e. The van der Waals surface area contributed by atoms with E-state index in [4.69, 9.17) is 11.6 Å². The molecule has 0 spiro atoms. The molecule has 1 N–H and O–H groups in total. The van der Waals surface area contributed by atoms with E-state index in [0.29, 0.717) is 17.2 Å². The van der Waals surface area contributed by atoms with Crippen molar-refractivity contribution in [3.05, 3.63) is 29.0 Å². The van der Waals surface area contributed by atoms with Gasteiger partial charge in [0, 0.05) is 31.4 Å². The summed E-state index contributed by atoms with van der Waals surface area (Å²) in [6.45, 7) is 7.72. The van der Waals surface area contributed by atoms with Gasteiger partial charge in [0.2, 0.25) is 0 Å². The van der Waals surface area contributed by atoms with E-state index >= 15 is 0 Å². The lowest BCUT2D eigenvalue weighted by molar-refractivity contribution is 0.194. The van der Waals surface area contributed by atoms with Crippen LogP contribution in [0.4, 0.5) is 0 Å². The first kappa shape index (κ1) is 13.8. The van der Waals surface area contributed by atoms with Crippen LogP contribution in [0, 0.1) is 0 Å². The Kier molecular flexibility index (Phi) is 4.98. The van der Waals surface area contributed by atoms with E-state index < -0.39 is 0 Å². The lowest BCUT2D eigenvalue weighted by atomic mass is 10.1. The molecule has 2 heterocycles. The Hall–Kier alpha value is -0.640. The molecule has 0 saturated carbocycles. The topological polar surface area (TPSA) is 28.2 Å². The summed E-state index contributed by atoms with van der Waals surface area (Å²) in [5, 5.41) is 4.12. The number of hydrogen-bond donors (Lipinski definition) is 1. The van der Waals surface area contributed by atoms with Crippen molar-refractivity contribution in [3.8, 4) is 0 Å². The maximum atomic E-state index is 5.81. The first-order chi connectivity index (χ1) is 8.65. The molecule has 0 radical (unpaired) electrons. The van der Waals surface area contributed by atoms with Crippen LogP contribution >= 0.6 is 11.6 Å². The predicted molar refractivity (Wildman–Crippen MR) is 75.8 cm³/mol. The highest BCUT2D eigenvalue weighted by molar-refractivity contribution is 6.29. The zero-order chi connectivity index (χ0) is 13.0. The molecule has 1 fully saturated rings. The minimum absolute atomic E-state index is 0.545. The van der Waals surface area contributed by atoms with Crippen LogP contribution < -0.4 is 5.32 Å². The predicted octanol–water partition coefficient (Wildman–Crippen LogP) is 2.70. The minimum Gasteiger partial charge on any atom is -0.313 e. The van der Waals surface area contributed by atoms with Gasteiger partial charge < -0.3 is 5.32 Å². The van der Waals surface area contributed by atoms with Gasteiger partial charge in [-0.2, -0.15) is 0 Å². The summed E-state index contributed by atoms with van der Waals surface area (Å²) in [5.74, 6) is 0. The molecule has 0 amide bonds. The van der Waals surface area contributed by atoms with Gasteiger partial charge in [0.1, 0.15) is 5.15 Å². The van der Waals surface area contributed by atoms with Crippen molar-refractivity contribution in [3.63, 3.8) is 0 Å². The molecule has 1 aliphatic heterocycles. The molecule has 18 heavy (non-hydrogen) atoms. The fourth-order valence-corrected chi connectivity index (χ4v) is 2.50. The SMILES string of the molecule is CC(C)N(Cc1ccc(Cl)nc1)CC1CCCN1. The highest BCUT2D eigenvalue weighted by atomic mass is 35.5. The van der Waals surface area contributed by atoms with Crippen LogP contribution in [0.1, 0.15) is 32.3 Å². The van der Waals surface area contributed by atoms with E-state index in [1.807, 2.05) is 12.3 Å². The van der Waals surface area contributed by atoms with Crippen LogP contribution in [-0.2, 0) is 6.54 Å². The summed E-state index contributed by atoms with van der Waals surface area (Å²) in [6.07, 6.45) is 4.47. The number of pyridine rings is 1. The summed E-state index contributed by atoms with van der Waals surface area (Å²) in [6, 6.07) is 5.12. The molecule has 100 valence electrons. The highest BCUT2D eigenvalue weighted by Gasteiger charge is 2.19. The molecule has 1 unspecified atom stereocenters. The molecule has 1 saturated heterocycles.